The van der Waals surface area contributed by atoms with Crippen molar-refractivity contribution in [3.63, 3.8) is 0 Å². The van der Waals surface area contributed by atoms with Crippen LogP contribution in [0.3, 0.4) is 0 Å². The summed E-state index contributed by atoms with van der Waals surface area (Å²) in [5.41, 5.74) is -1.28. The van der Waals surface area contributed by atoms with Crippen molar-refractivity contribution in [1.29, 1.82) is 5.26 Å². The molecule has 1 aliphatic heterocycles. The van der Waals surface area contributed by atoms with Crippen molar-refractivity contribution in [1.82, 2.24) is 4.90 Å². The van der Waals surface area contributed by atoms with Gasteiger partial charge in [0.1, 0.15) is 0 Å². The van der Waals surface area contributed by atoms with E-state index in [2.05, 4.69) is 24.8 Å². The molecule has 1 unspecified atom stereocenters. The summed E-state index contributed by atoms with van der Waals surface area (Å²) in [6.07, 6.45) is 4.69. The van der Waals surface area contributed by atoms with E-state index in [1.54, 1.807) is 0 Å². The van der Waals surface area contributed by atoms with E-state index in [1.165, 1.54) is 0 Å². The third-order valence-electron chi connectivity index (χ3n) is 5.37. The van der Waals surface area contributed by atoms with Gasteiger partial charge in [-0.15, -0.1) is 0 Å². The van der Waals surface area contributed by atoms with Gasteiger partial charge in [0.25, 0.3) is 0 Å². The average Bonchev–Trinajstić information content (AvgIpc) is 2.70. The molecule has 0 aromatic carbocycles. The fourth-order valence-electron chi connectivity index (χ4n) is 3.85. The van der Waals surface area contributed by atoms with E-state index >= 15 is 0 Å². The summed E-state index contributed by atoms with van der Waals surface area (Å²) in [6, 6.07) is 2.50. The molecule has 102 valence electrons. The topological polar surface area (TPSA) is 47.3 Å². The van der Waals surface area contributed by atoms with Gasteiger partial charge >= 0.3 is 0 Å². The Hall–Kier alpha value is -0.590. The van der Waals surface area contributed by atoms with E-state index in [9.17, 15) is 10.4 Å². The average molecular weight is 250 g/mol. The van der Waals surface area contributed by atoms with E-state index in [0.717, 1.165) is 44.6 Å². The highest BCUT2D eigenvalue weighted by Gasteiger charge is 2.54. The Morgan fingerprint density at radius 1 is 1.28 bits per heavy atom. The second kappa shape index (κ2) is 4.83. The molecule has 3 nitrogen and oxygen atoms in total. The number of β-amino-alcohol motifs (C(OH)–C–C–N with tert-alkyl or cyclic N) is 1. The predicted molar refractivity (Wildman–Crippen MR) is 71.9 cm³/mol. The van der Waals surface area contributed by atoms with Gasteiger partial charge in [-0.1, -0.05) is 13.8 Å². The molecule has 0 radical (unpaired) electrons. The number of nitriles is 1. The third-order valence-corrected chi connectivity index (χ3v) is 5.37. The number of likely N-dealkylation sites (N-methyl/N-ethyl adjacent to an activating group) is 1. The van der Waals surface area contributed by atoms with Crippen molar-refractivity contribution in [3.8, 4) is 6.07 Å². The second-order valence-corrected chi connectivity index (χ2v) is 6.79. The molecule has 0 spiro atoms. The minimum Gasteiger partial charge on any atom is -0.387 e. The molecular formula is C15H26N2O. The van der Waals surface area contributed by atoms with E-state index in [-0.39, 0.29) is 0 Å². The number of nitrogens with zero attached hydrogens (tertiary/aromatic N) is 2. The third kappa shape index (κ3) is 2.17. The lowest BCUT2D eigenvalue weighted by Crippen LogP contribution is -2.51. The van der Waals surface area contributed by atoms with Crippen molar-refractivity contribution in [2.75, 3.05) is 20.1 Å². The Balaban J connectivity index is 2.12. The smallest absolute Gasteiger partial charge is 0.0971 e. The van der Waals surface area contributed by atoms with Crippen LogP contribution < -0.4 is 0 Å². The molecule has 1 heterocycles. The highest BCUT2D eigenvalue weighted by Crippen LogP contribution is 2.50. The summed E-state index contributed by atoms with van der Waals surface area (Å²) >= 11 is 0. The highest BCUT2D eigenvalue weighted by molar-refractivity contribution is 5.15. The monoisotopic (exact) mass is 250 g/mol. The molecular weight excluding hydrogens is 224 g/mol. The summed E-state index contributed by atoms with van der Waals surface area (Å²) in [5.74, 6) is 1.43. The molecule has 0 bridgehead atoms. The van der Waals surface area contributed by atoms with Crippen LogP contribution in [0.2, 0.25) is 0 Å². The van der Waals surface area contributed by atoms with Crippen LogP contribution in [-0.4, -0.2) is 35.7 Å². The van der Waals surface area contributed by atoms with Crippen molar-refractivity contribution < 1.29 is 5.11 Å². The van der Waals surface area contributed by atoms with Gasteiger partial charge in [-0.25, -0.2) is 0 Å². The highest BCUT2D eigenvalue weighted by atomic mass is 16.3. The van der Waals surface area contributed by atoms with Crippen LogP contribution in [0, 0.1) is 28.6 Å². The quantitative estimate of drug-likeness (QED) is 0.818. The molecule has 0 aromatic heterocycles. The van der Waals surface area contributed by atoms with E-state index in [1.807, 2.05) is 7.05 Å². The van der Waals surface area contributed by atoms with E-state index < -0.39 is 11.0 Å². The fourth-order valence-corrected chi connectivity index (χ4v) is 3.85. The molecule has 1 N–H and O–H groups in total. The van der Waals surface area contributed by atoms with Gasteiger partial charge in [0.15, 0.2) is 0 Å². The molecule has 3 heteroatoms. The standard InChI is InChI=1S/C15H26N2O/c1-12(2)13-4-6-14(10-16,7-5-13)15(18)8-9-17(3)11-15/h12-13,18H,4-9,11H2,1-3H3. The maximum atomic E-state index is 10.9. The minimum absolute atomic E-state index is 0.497. The van der Waals surface area contributed by atoms with E-state index in [4.69, 9.17) is 0 Å². The summed E-state index contributed by atoms with van der Waals surface area (Å²) < 4.78 is 0. The fraction of sp³-hybridized carbons (Fsp3) is 0.933. The first kappa shape index (κ1) is 13.8. The summed E-state index contributed by atoms with van der Waals surface area (Å²) in [5, 5.41) is 20.5. The van der Waals surface area contributed by atoms with Gasteiger partial charge < -0.3 is 10.0 Å². The number of likely N-dealkylation sites (tertiary alicyclic amines) is 1. The van der Waals surface area contributed by atoms with Crippen molar-refractivity contribution in [2.45, 2.75) is 51.6 Å². The molecule has 2 rings (SSSR count). The molecule has 2 fully saturated rings. The summed E-state index contributed by atoms with van der Waals surface area (Å²) in [6.45, 7) is 6.10. The first-order valence-electron chi connectivity index (χ1n) is 7.25. The zero-order valence-corrected chi connectivity index (χ0v) is 11.9. The van der Waals surface area contributed by atoms with Crippen LogP contribution >= 0.6 is 0 Å². The number of hydrogen-bond donors (Lipinski definition) is 1. The minimum atomic E-state index is -0.779. The Kier molecular flexibility index (Phi) is 3.71. The molecule has 1 saturated carbocycles. The van der Waals surface area contributed by atoms with Crippen LogP contribution in [0.15, 0.2) is 0 Å². The van der Waals surface area contributed by atoms with Crippen LogP contribution in [0.5, 0.6) is 0 Å². The van der Waals surface area contributed by atoms with Crippen LogP contribution in [0.25, 0.3) is 0 Å². The van der Waals surface area contributed by atoms with Gasteiger partial charge in [-0.05, 0) is 51.0 Å². The Morgan fingerprint density at radius 2 is 1.89 bits per heavy atom. The summed E-state index contributed by atoms with van der Waals surface area (Å²) in [4.78, 5) is 2.15. The second-order valence-electron chi connectivity index (χ2n) is 6.79. The van der Waals surface area contributed by atoms with Crippen molar-refractivity contribution >= 4 is 0 Å². The van der Waals surface area contributed by atoms with Crippen molar-refractivity contribution in [2.24, 2.45) is 17.3 Å². The van der Waals surface area contributed by atoms with Crippen LogP contribution in [0.1, 0.15) is 46.0 Å². The molecule has 18 heavy (non-hydrogen) atoms. The zero-order valence-electron chi connectivity index (χ0n) is 11.9. The van der Waals surface area contributed by atoms with E-state index in [0.29, 0.717) is 12.5 Å². The van der Waals surface area contributed by atoms with Gasteiger partial charge in [-0.2, -0.15) is 5.26 Å². The number of hydrogen-bond acceptors (Lipinski definition) is 3. The Labute approximate surface area is 111 Å². The molecule has 0 aromatic rings. The molecule has 2 aliphatic rings. The maximum absolute atomic E-state index is 10.9. The Morgan fingerprint density at radius 3 is 2.28 bits per heavy atom. The number of rotatable bonds is 2. The molecule has 1 aliphatic carbocycles. The molecule has 0 amide bonds. The first-order valence-corrected chi connectivity index (χ1v) is 7.25. The van der Waals surface area contributed by atoms with Gasteiger partial charge in [0.05, 0.1) is 17.1 Å². The largest absolute Gasteiger partial charge is 0.387 e. The maximum Gasteiger partial charge on any atom is 0.0971 e. The lowest BCUT2D eigenvalue weighted by Gasteiger charge is -2.45. The Bertz CT molecular complexity index is 339. The lowest BCUT2D eigenvalue weighted by atomic mass is 9.60. The van der Waals surface area contributed by atoms with Gasteiger partial charge in [-0.3, -0.25) is 0 Å². The molecule has 1 saturated heterocycles. The first-order chi connectivity index (χ1) is 8.42. The predicted octanol–water partition coefficient (Wildman–Crippen LogP) is 2.41. The van der Waals surface area contributed by atoms with Gasteiger partial charge in [0, 0.05) is 13.1 Å². The molecule has 1 atom stereocenters. The van der Waals surface area contributed by atoms with Gasteiger partial charge in [0.2, 0.25) is 0 Å². The normalized spacial score (nSPS) is 42.1. The summed E-state index contributed by atoms with van der Waals surface area (Å²) in [7, 11) is 2.03. The van der Waals surface area contributed by atoms with Crippen molar-refractivity contribution in [3.05, 3.63) is 0 Å². The number of aliphatic hydroxyl groups is 1. The zero-order chi connectivity index (χ0) is 13.4. The lowest BCUT2D eigenvalue weighted by molar-refractivity contribution is -0.0702. The SMILES string of the molecule is CC(C)C1CCC(C#N)(C2(O)CCN(C)C2)CC1. The van der Waals surface area contributed by atoms with Crippen LogP contribution in [-0.2, 0) is 0 Å². The van der Waals surface area contributed by atoms with Crippen LogP contribution in [0.4, 0.5) is 0 Å².